The molecule has 2 aromatic rings. The van der Waals surface area contributed by atoms with Crippen LogP contribution in [0.25, 0.3) is 11.0 Å². The number of carboxylic acids is 1. The molecule has 3 rings (SSSR count). The quantitative estimate of drug-likeness (QED) is 0.813. The van der Waals surface area contributed by atoms with Crippen molar-refractivity contribution in [2.45, 2.75) is 38.4 Å². The molecule has 1 fully saturated rings. The molecular weight excluding hydrogens is 366 g/mol. The van der Waals surface area contributed by atoms with E-state index in [1.165, 1.54) is 4.31 Å². The third-order valence-corrected chi connectivity index (χ3v) is 7.81. The van der Waals surface area contributed by atoms with E-state index in [2.05, 4.69) is 4.98 Å². The van der Waals surface area contributed by atoms with Crippen LogP contribution in [0, 0.1) is 11.8 Å². The number of aromatic nitrogens is 2. The number of rotatable bonds is 6. The number of hydrogen-bond acceptors (Lipinski definition) is 4. The van der Waals surface area contributed by atoms with Gasteiger partial charge in [-0.25, -0.2) is 17.7 Å². The summed E-state index contributed by atoms with van der Waals surface area (Å²) in [7, 11) is -1.41. The van der Waals surface area contributed by atoms with Crippen LogP contribution in [0.4, 0.5) is 0 Å². The summed E-state index contributed by atoms with van der Waals surface area (Å²) in [6, 6.07) is 7.84. The zero-order chi connectivity index (χ0) is 19.8. The second-order valence-electron chi connectivity index (χ2n) is 7.64. The number of hydrogen-bond donors (Lipinski definition) is 1. The Balaban J connectivity index is 1.89. The van der Waals surface area contributed by atoms with Gasteiger partial charge in [-0.05, 0) is 44.2 Å². The zero-order valence-electron chi connectivity index (χ0n) is 16.0. The summed E-state index contributed by atoms with van der Waals surface area (Å²) in [6.45, 7) is 4.09. The Morgan fingerprint density at radius 1 is 1.30 bits per heavy atom. The fourth-order valence-electron chi connectivity index (χ4n) is 3.91. The van der Waals surface area contributed by atoms with Crippen molar-refractivity contribution >= 4 is 27.0 Å². The van der Waals surface area contributed by atoms with E-state index >= 15 is 0 Å². The lowest BCUT2D eigenvalue weighted by Gasteiger charge is -2.38. The molecule has 0 bridgehead atoms. The molecule has 0 spiro atoms. The Morgan fingerprint density at radius 3 is 2.63 bits per heavy atom. The summed E-state index contributed by atoms with van der Waals surface area (Å²) in [6.07, 6.45) is 1.18. The zero-order valence-corrected chi connectivity index (χ0v) is 16.8. The van der Waals surface area contributed by atoms with E-state index in [1.54, 1.807) is 13.8 Å². The Bertz CT molecular complexity index is 936. The summed E-state index contributed by atoms with van der Waals surface area (Å²) < 4.78 is 28.8. The summed E-state index contributed by atoms with van der Waals surface area (Å²) in [5.41, 5.74) is 1.91. The highest BCUT2D eigenvalue weighted by Gasteiger charge is 2.37. The first-order valence-corrected chi connectivity index (χ1v) is 10.8. The number of aryl methyl sites for hydroxylation is 1. The summed E-state index contributed by atoms with van der Waals surface area (Å²) in [5, 5.41) is 8.80. The minimum Gasteiger partial charge on any atom is -0.481 e. The van der Waals surface area contributed by atoms with Gasteiger partial charge in [0.2, 0.25) is 10.0 Å². The molecule has 0 aliphatic carbocycles. The monoisotopic (exact) mass is 393 g/mol. The molecule has 1 aliphatic heterocycles. The second kappa shape index (κ2) is 7.59. The average molecular weight is 394 g/mol. The fraction of sp³-hybridized carbons (Fsp3) is 0.579. The molecular formula is C19H27N3O4S. The van der Waals surface area contributed by atoms with Gasteiger partial charge < -0.3 is 9.67 Å². The number of imidazole rings is 1. The largest absolute Gasteiger partial charge is 0.481 e. The first kappa shape index (κ1) is 19.8. The smallest absolute Gasteiger partial charge is 0.303 e. The summed E-state index contributed by atoms with van der Waals surface area (Å²) >= 11 is 0. The standard InChI is InChI=1S/C19H27N3O4S/c1-13(2)27(25,26)22-9-8-14(11-19(23)24)15(12-22)10-18-20-16-6-4-5-7-17(16)21(18)3/h4-7,13-15H,8-12H2,1-3H3,(H,23,24). The molecule has 7 nitrogen and oxygen atoms in total. The van der Waals surface area contributed by atoms with Gasteiger partial charge in [0.1, 0.15) is 5.82 Å². The number of para-hydroxylation sites is 2. The Hall–Kier alpha value is -1.93. The van der Waals surface area contributed by atoms with Crippen molar-refractivity contribution in [3.05, 3.63) is 30.1 Å². The molecule has 0 amide bonds. The minimum absolute atomic E-state index is 0.0547. The number of piperidine rings is 1. The third kappa shape index (κ3) is 4.01. The third-order valence-electron chi connectivity index (χ3n) is 5.57. The molecule has 2 atom stereocenters. The van der Waals surface area contributed by atoms with Gasteiger partial charge in [0.15, 0.2) is 0 Å². The van der Waals surface area contributed by atoms with Gasteiger partial charge >= 0.3 is 5.97 Å². The van der Waals surface area contributed by atoms with Crippen molar-refractivity contribution in [2.75, 3.05) is 13.1 Å². The van der Waals surface area contributed by atoms with Crippen molar-refractivity contribution in [2.24, 2.45) is 18.9 Å². The van der Waals surface area contributed by atoms with Crippen LogP contribution in [0.2, 0.25) is 0 Å². The van der Waals surface area contributed by atoms with Crippen LogP contribution in [0.5, 0.6) is 0 Å². The van der Waals surface area contributed by atoms with Gasteiger partial charge in [-0.3, -0.25) is 4.79 Å². The van der Waals surface area contributed by atoms with Crippen molar-refractivity contribution in [3.8, 4) is 0 Å². The molecule has 8 heteroatoms. The van der Waals surface area contributed by atoms with Crippen molar-refractivity contribution in [1.82, 2.24) is 13.9 Å². The van der Waals surface area contributed by atoms with Gasteiger partial charge in [-0.1, -0.05) is 12.1 Å². The van der Waals surface area contributed by atoms with Gasteiger partial charge in [0.05, 0.1) is 16.3 Å². The lowest BCUT2D eigenvalue weighted by atomic mass is 9.82. The van der Waals surface area contributed by atoms with E-state index in [9.17, 15) is 18.3 Å². The maximum atomic E-state index is 12.6. The van der Waals surface area contributed by atoms with Crippen LogP contribution in [0.15, 0.2) is 24.3 Å². The molecule has 1 N–H and O–H groups in total. The van der Waals surface area contributed by atoms with E-state index in [-0.39, 0.29) is 18.3 Å². The normalized spacial score (nSPS) is 21.8. The second-order valence-corrected chi connectivity index (χ2v) is 10.1. The van der Waals surface area contributed by atoms with Gasteiger partial charge in [0, 0.05) is 33.0 Å². The molecule has 27 heavy (non-hydrogen) atoms. The first-order chi connectivity index (χ1) is 12.7. The van der Waals surface area contributed by atoms with Crippen molar-refractivity contribution in [1.29, 1.82) is 0 Å². The van der Waals surface area contributed by atoms with Crippen molar-refractivity contribution < 1.29 is 18.3 Å². The molecule has 0 radical (unpaired) electrons. The molecule has 1 aromatic carbocycles. The number of fused-ring (bicyclic) bond motifs is 1. The molecule has 1 saturated heterocycles. The summed E-state index contributed by atoms with van der Waals surface area (Å²) in [4.78, 5) is 16.0. The van der Waals surface area contributed by atoms with E-state index in [0.717, 1.165) is 16.9 Å². The van der Waals surface area contributed by atoms with E-state index in [1.807, 2.05) is 35.9 Å². The van der Waals surface area contributed by atoms with Crippen LogP contribution in [0.1, 0.15) is 32.5 Å². The van der Waals surface area contributed by atoms with Crippen molar-refractivity contribution in [3.63, 3.8) is 0 Å². The first-order valence-electron chi connectivity index (χ1n) is 9.31. The number of benzene rings is 1. The van der Waals surface area contributed by atoms with E-state index in [4.69, 9.17) is 0 Å². The van der Waals surface area contributed by atoms with E-state index < -0.39 is 21.2 Å². The van der Waals surface area contributed by atoms with Crippen LogP contribution in [-0.4, -0.2) is 51.7 Å². The van der Waals surface area contributed by atoms with Crippen LogP contribution in [-0.2, 0) is 28.3 Å². The highest BCUT2D eigenvalue weighted by Crippen LogP contribution is 2.32. The van der Waals surface area contributed by atoms with Gasteiger partial charge in [-0.15, -0.1) is 0 Å². The average Bonchev–Trinajstić information content (AvgIpc) is 2.92. The Labute approximate surface area is 160 Å². The van der Waals surface area contributed by atoms with Gasteiger partial charge in [0.25, 0.3) is 0 Å². The van der Waals surface area contributed by atoms with Crippen LogP contribution < -0.4 is 0 Å². The van der Waals surface area contributed by atoms with Crippen LogP contribution >= 0.6 is 0 Å². The maximum Gasteiger partial charge on any atom is 0.303 e. The van der Waals surface area contributed by atoms with Gasteiger partial charge in [-0.2, -0.15) is 0 Å². The predicted octanol–water partition coefficient (Wildman–Crippen LogP) is 2.27. The number of sulfonamides is 1. The highest BCUT2D eigenvalue weighted by molar-refractivity contribution is 7.89. The molecule has 0 saturated carbocycles. The Morgan fingerprint density at radius 2 is 2.00 bits per heavy atom. The van der Waals surface area contributed by atoms with Crippen LogP contribution in [0.3, 0.4) is 0 Å². The summed E-state index contributed by atoms with van der Waals surface area (Å²) in [5.74, 6) is -0.102. The molecule has 1 aromatic heterocycles. The Kier molecular flexibility index (Phi) is 5.58. The molecule has 2 unspecified atom stereocenters. The predicted molar refractivity (Wildman–Crippen MR) is 104 cm³/mol. The number of nitrogens with zero attached hydrogens (tertiary/aromatic N) is 3. The topological polar surface area (TPSA) is 92.5 Å². The van der Waals surface area contributed by atoms with E-state index in [0.29, 0.717) is 25.9 Å². The fourth-order valence-corrected chi connectivity index (χ4v) is 5.27. The lowest BCUT2D eigenvalue weighted by Crippen LogP contribution is -2.47. The molecule has 148 valence electrons. The number of carbonyl (C=O) groups is 1. The highest BCUT2D eigenvalue weighted by atomic mass is 32.2. The number of aliphatic carboxylic acids is 1. The minimum atomic E-state index is -3.35. The molecule has 2 heterocycles. The molecule has 1 aliphatic rings. The number of carboxylic acid groups (broad SMARTS) is 1. The SMILES string of the molecule is CC(C)S(=O)(=O)N1CCC(CC(=O)O)C(Cc2nc3ccccc3n2C)C1. The lowest BCUT2D eigenvalue weighted by molar-refractivity contribution is -0.138. The maximum absolute atomic E-state index is 12.6.